The Bertz CT molecular complexity index is 544. The summed E-state index contributed by atoms with van der Waals surface area (Å²) in [6, 6.07) is 0. The minimum Gasteiger partial charge on any atom is -0.265 e. The van der Waals surface area contributed by atoms with Gasteiger partial charge in [0.25, 0.3) is 0 Å². The van der Waals surface area contributed by atoms with Gasteiger partial charge in [0.2, 0.25) is 0 Å². The number of nitro groups is 1. The molecule has 6 nitrogen and oxygen atoms in total. The third-order valence-electron chi connectivity index (χ3n) is 2.39. The lowest BCUT2D eigenvalue weighted by atomic mass is 10.4. The summed E-state index contributed by atoms with van der Waals surface area (Å²) >= 11 is 3.32. The summed E-state index contributed by atoms with van der Waals surface area (Å²) in [4.78, 5) is 15.7. The quantitative estimate of drug-likeness (QED) is 0.479. The molecule has 2 aromatic rings. The van der Waals surface area contributed by atoms with Gasteiger partial charge in [-0.1, -0.05) is 11.8 Å². The van der Waals surface area contributed by atoms with E-state index in [0.717, 1.165) is 15.8 Å². The van der Waals surface area contributed by atoms with E-state index in [2.05, 4.69) is 10.1 Å². The second kappa shape index (κ2) is 5.49. The Morgan fingerprint density at radius 1 is 1.56 bits per heavy atom. The first kappa shape index (κ1) is 13.0. The molecule has 0 N–H and O–H groups in total. The zero-order valence-electron chi connectivity index (χ0n) is 9.99. The topological polar surface area (TPSA) is 73.8 Å². The van der Waals surface area contributed by atoms with E-state index in [9.17, 15) is 10.1 Å². The van der Waals surface area contributed by atoms with Crippen molar-refractivity contribution >= 4 is 28.8 Å². The minimum atomic E-state index is -0.440. The summed E-state index contributed by atoms with van der Waals surface area (Å²) in [6.07, 6.45) is 2.71. The summed E-state index contributed by atoms with van der Waals surface area (Å²) in [5.74, 6) is 0.797. The molecule has 18 heavy (non-hydrogen) atoms. The first-order chi connectivity index (χ1) is 8.56. The van der Waals surface area contributed by atoms with Gasteiger partial charge < -0.3 is 0 Å². The highest BCUT2D eigenvalue weighted by atomic mass is 32.2. The van der Waals surface area contributed by atoms with Crippen LogP contribution in [-0.2, 0) is 6.54 Å². The predicted molar refractivity (Wildman–Crippen MR) is 71.2 cm³/mol. The Morgan fingerprint density at radius 3 is 2.89 bits per heavy atom. The fourth-order valence-electron chi connectivity index (χ4n) is 1.30. The summed E-state index contributed by atoms with van der Waals surface area (Å²) in [7, 11) is 0. The predicted octanol–water partition coefficient (Wildman–Crippen LogP) is 2.66. The van der Waals surface area contributed by atoms with Crippen molar-refractivity contribution in [3.8, 4) is 0 Å². The van der Waals surface area contributed by atoms with Gasteiger partial charge >= 0.3 is 5.69 Å². The molecule has 0 aliphatic carbocycles. The average molecular weight is 284 g/mol. The maximum atomic E-state index is 10.5. The molecule has 96 valence electrons. The van der Waals surface area contributed by atoms with Crippen LogP contribution >= 0.6 is 23.1 Å². The minimum absolute atomic E-state index is 0.0286. The number of aryl methyl sites for hydroxylation is 3. The van der Waals surface area contributed by atoms with Gasteiger partial charge in [-0.3, -0.25) is 14.8 Å². The Hall–Kier alpha value is -1.41. The summed E-state index contributed by atoms with van der Waals surface area (Å²) in [5, 5.41) is 14.4. The highest BCUT2D eigenvalue weighted by molar-refractivity contribution is 8.01. The first-order valence-electron chi connectivity index (χ1n) is 5.30. The maximum absolute atomic E-state index is 10.5. The number of hydrogen-bond donors (Lipinski definition) is 0. The molecule has 0 atom stereocenters. The van der Waals surface area contributed by atoms with Crippen molar-refractivity contribution in [2.45, 2.75) is 24.7 Å². The van der Waals surface area contributed by atoms with Gasteiger partial charge in [0.1, 0.15) is 16.7 Å². The molecule has 0 spiro atoms. The molecule has 2 rings (SSSR count). The second-order valence-corrected chi connectivity index (χ2v) is 6.23. The Kier molecular flexibility index (Phi) is 3.97. The van der Waals surface area contributed by atoms with Crippen LogP contribution in [-0.4, -0.2) is 25.4 Å². The van der Waals surface area contributed by atoms with Gasteiger partial charge in [-0.25, -0.2) is 4.98 Å². The summed E-state index contributed by atoms with van der Waals surface area (Å²) in [6.45, 7) is 4.68. The van der Waals surface area contributed by atoms with Crippen LogP contribution in [0.4, 0.5) is 5.69 Å². The van der Waals surface area contributed by atoms with Crippen LogP contribution in [0, 0.1) is 24.0 Å². The molecule has 2 aromatic heterocycles. The Labute approximate surface area is 112 Å². The van der Waals surface area contributed by atoms with Crippen LogP contribution in [0.2, 0.25) is 0 Å². The number of aromatic nitrogens is 3. The van der Waals surface area contributed by atoms with E-state index in [1.54, 1.807) is 27.8 Å². The highest BCUT2D eigenvalue weighted by Crippen LogP contribution is 2.26. The van der Waals surface area contributed by atoms with Crippen molar-refractivity contribution < 1.29 is 4.92 Å². The first-order valence-corrected chi connectivity index (χ1v) is 7.10. The fourth-order valence-corrected chi connectivity index (χ4v) is 3.45. The molecule has 8 heteroatoms. The van der Waals surface area contributed by atoms with Crippen molar-refractivity contribution in [1.29, 1.82) is 0 Å². The van der Waals surface area contributed by atoms with Crippen molar-refractivity contribution in [3.63, 3.8) is 0 Å². The molecule has 0 aliphatic heterocycles. The summed E-state index contributed by atoms with van der Waals surface area (Å²) < 4.78 is 2.62. The maximum Gasteiger partial charge on any atom is 0.306 e. The van der Waals surface area contributed by atoms with E-state index >= 15 is 0 Å². The van der Waals surface area contributed by atoms with Gasteiger partial charge in [0, 0.05) is 10.6 Å². The number of hydrogen-bond acceptors (Lipinski definition) is 6. The molecule has 0 fully saturated rings. The Balaban J connectivity index is 1.86. The monoisotopic (exact) mass is 284 g/mol. The van der Waals surface area contributed by atoms with E-state index in [0.29, 0.717) is 6.54 Å². The number of nitrogens with zero attached hydrogens (tertiary/aromatic N) is 4. The van der Waals surface area contributed by atoms with Gasteiger partial charge in [0.15, 0.2) is 0 Å². The molecule has 0 unspecified atom stereocenters. The lowest BCUT2D eigenvalue weighted by Gasteiger charge is -1.98. The lowest BCUT2D eigenvalue weighted by Crippen LogP contribution is -2.00. The zero-order valence-corrected chi connectivity index (χ0v) is 11.6. The molecular formula is C10H12N4O2S2. The van der Waals surface area contributed by atoms with E-state index in [4.69, 9.17) is 0 Å². The molecule has 0 aromatic carbocycles. The average Bonchev–Trinajstić information content (AvgIpc) is 2.88. The van der Waals surface area contributed by atoms with Crippen molar-refractivity contribution in [1.82, 2.24) is 14.8 Å². The van der Waals surface area contributed by atoms with Crippen molar-refractivity contribution in [2.75, 3.05) is 5.75 Å². The molecule has 2 heterocycles. The largest absolute Gasteiger partial charge is 0.306 e. The summed E-state index contributed by atoms with van der Waals surface area (Å²) in [5.41, 5.74) is 1.10. The van der Waals surface area contributed by atoms with E-state index < -0.39 is 4.92 Å². The van der Waals surface area contributed by atoms with E-state index in [1.165, 1.54) is 17.3 Å². The highest BCUT2D eigenvalue weighted by Gasteiger charge is 2.09. The third-order valence-corrected chi connectivity index (χ3v) is 4.58. The van der Waals surface area contributed by atoms with Crippen LogP contribution in [0.15, 0.2) is 16.7 Å². The van der Waals surface area contributed by atoms with Crippen LogP contribution in [0.5, 0.6) is 0 Å². The van der Waals surface area contributed by atoms with Crippen LogP contribution in [0.3, 0.4) is 0 Å². The van der Waals surface area contributed by atoms with Gasteiger partial charge in [-0.15, -0.1) is 11.3 Å². The van der Waals surface area contributed by atoms with Crippen molar-refractivity contribution in [2.24, 2.45) is 0 Å². The number of rotatable bonds is 5. The Morgan fingerprint density at radius 2 is 2.33 bits per heavy atom. The van der Waals surface area contributed by atoms with Crippen LogP contribution in [0.1, 0.15) is 10.6 Å². The van der Waals surface area contributed by atoms with Gasteiger partial charge in [-0.2, -0.15) is 5.10 Å². The molecule has 0 aliphatic rings. The third kappa shape index (κ3) is 3.08. The van der Waals surface area contributed by atoms with Gasteiger partial charge in [-0.05, 0) is 13.8 Å². The van der Waals surface area contributed by atoms with E-state index in [1.807, 2.05) is 13.8 Å². The standard InChI is InChI=1S/C10H12N4O2S2/c1-7-8(2)18-10(12-7)17-4-3-13-6-9(5-11-13)14(15)16/h5-6H,3-4H2,1-2H3. The number of thiazole rings is 1. The normalized spacial score (nSPS) is 10.8. The molecule has 0 bridgehead atoms. The molecule has 0 saturated carbocycles. The second-order valence-electron chi connectivity index (χ2n) is 3.69. The van der Waals surface area contributed by atoms with E-state index in [-0.39, 0.29) is 5.69 Å². The zero-order chi connectivity index (χ0) is 13.1. The van der Waals surface area contributed by atoms with Crippen molar-refractivity contribution in [3.05, 3.63) is 33.1 Å². The SMILES string of the molecule is Cc1nc(SCCn2cc([N+](=O)[O-])cn2)sc1C. The molecule has 0 saturated heterocycles. The molecular weight excluding hydrogens is 272 g/mol. The smallest absolute Gasteiger partial charge is 0.265 e. The van der Waals surface area contributed by atoms with Crippen LogP contribution < -0.4 is 0 Å². The van der Waals surface area contributed by atoms with Gasteiger partial charge in [0.05, 0.1) is 17.2 Å². The molecule has 0 amide bonds. The molecule has 0 radical (unpaired) electrons. The lowest BCUT2D eigenvalue weighted by molar-refractivity contribution is -0.385. The fraction of sp³-hybridized carbons (Fsp3) is 0.400. The number of thioether (sulfide) groups is 1. The van der Waals surface area contributed by atoms with Crippen LogP contribution in [0.25, 0.3) is 0 Å².